The predicted molar refractivity (Wildman–Crippen MR) is 126 cm³/mol. The van der Waals surface area contributed by atoms with Gasteiger partial charge in [-0.3, -0.25) is 9.69 Å². The van der Waals surface area contributed by atoms with Crippen molar-refractivity contribution in [3.8, 4) is 0 Å². The number of H-pyrrole nitrogens is 1. The Kier molecular flexibility index (Phi) is 6.18. The van der Waals surface area contributed by atoms with E-state index in [9.17, 15) is 9.18 Å². The van der Waals surface area contributed by atoms with Crippen molar-refractivity contribution in [3.05, 3.63) is 75.4 Å². The molecule has 1 aromatic heterocycles. The van der Waals surface area contributed by atoms with Gasteiger partial charge in [-0.25, -0.2) is 13.2 Å². The first-order valence-electron chi connectivity index (χ1n) is 10.9. The minimum absolute atomic E-state index is 0.000729. The first-order chi connectivity index (χ1) is 15.4. The van der Waals surface area contributed by atoms with Gasteiger partial charge < -0.3 is 4.98 Å². The highest BCUT2D eigenvalue weighted by Gasteiger charge is 2.40. The summed E-state index contributed by atoms with van der Waals surface area (Å²) in [5.74, 6) is -1.72. The Labute approximate surface area is 196 Å². The molecule has 0 saturated heterocycles. The molecule has 0 amide bonds. The van der Waals surface area contributed by atoms with Crippen LogP contribution < -0.4 is 0 Å². The number of ketones is 1. The number of halogens is 4. The zero-order valence-electron chi connectivity index (χ0n) is 19.0. The molecule has 2 atom stereocenters. The molecule has 0 bridgehead atoms. The lowest BCUT2D eigenvalue weighted by Crippen LogP contribution is -2.48. The molecule has 0 aliphatic carbocycles. The number of allylic oxidation sites excluding steroid dienone is 1. The fourth-order valence-corrected chi connectivity index (χ4v) is 4.87. The highest BCUT2D eigenvalue weighted by molar-refractivity contribution is 6.31. The maximum absolute atomic E-state index is 15.5. The average Bonchev–Trinajstić information content (AvgIpc) is 3.04. The van der Waals surface area contributed by atoms with Gasteiger partial charge in [0.25, 0.3) is 0 Å². The first-order valence-corrected chi connectivity index (χ1v) is 11.2. The van der Waals surface area contributed by atoms with Gasteiger partial charge in [0.1, 0.15) is 17.3 Å². The molecule has 1 aliphatic rings. The summed E-state index contributed by atoms with van der Waals surface area (Å²) in [5, 5.41) is 1.48. The number of nitrogens with one attached hydrogen (secondary N) is 1. The lowest BCUT2D eigenvalue weighted by molar-refractivity contribution is -0.112. The molecule has 3 nitrogen and oxygen atoms in total. The Morgan fingerprint density at radius 2 is 1.91 bits per heavy atom. The van der Waals surface area contributed by atoms with Gasteiger partial charge in [-0.05, 0) is 75.6 Å². The molecule has 33 heavy (non-hydrogen) atoms. The number of carbonyl (C=O) groups is 1. The standard InChI is InChI=1S/C26H26ClF3N2O/c1-14-9-19-18-8-7-17(27)12-22(18)31-24(19)25(32(14)13-26(3,4)30)23-20(28)10-16(11-21(23)29)6-5-15(2)33/h5-8,10-12,14,25,31H,9,13H2,1-4H3/b6-5+. The summed E-state index contributed by atoms with van der Waals surface area (Å²) in [5.41, 5.74) is 0.883. The number of fused-ring (bicyclic) bond motifs is 3. The van der Waals surface area contributed by atoms with E-state index in [4.69, 9.17) is 11.6 Å². The summed E-state index contributed by atoms with van der Waals surface area (Å²) >= 11 is 6.17. The van der Waals surface area contributed by atoms with E-state index in [1.165, 1.54) is 45.1 Å². The van der Waals surface area contributed by atoms with Crippen molar-refractivity contribution >= 4 is 34.4 Å². The zero-order chi connectivity index (χ0) is 24.1. The van der Waals surface area contributed by atoms with Crippen molar-refractivity contribution in [3.63, 3.8) is 0 Å². The van der Waals surface area contributed by atoms with E-state index in [1.807, 2.05) is 17.9 Å². The SMILES string of the molecule is CC(=O)/C=C/c1cc(F)c(C2c3[nH]c4cc(Cl)ccc4c3CC(C)N2CC(C)(C)F)c(F)c1. The maximum Gasteiger partial charge on any atom is 0.152 e. The maximum atomic E-state index is 15.5. The van der Waals surface area contributed by atoms with E-state index in [0.717, 1.165) is 16.5 Å². The summed E-state index contributed by atoms with van der Waals surface area (Å²) in [4.78, 5) is 16.4. The topological polar surface area (TPSA) is 36.1 Å². The Morgan fingerprint density at radius 1 is 1.24 bits per heavy atom. The number of aromatic nitrogens is 1. The number of benzene rings is 2. The van der Waals surface area contributed by atoms with E-state index in [0.29, 0.717) is 17.1 Å². The lowest BCUT2D eigenvalue weighted by atomic mass is 9.87. The van der Waals surface area contributed by atoms with E-state index >= 15 is 8.78 Å². The number of aromatic amines is 1. The third-order valence-corrected chi connectivity index (χ3v) is 6.25. The van der Waals surface area contributed by atoms with E-state index in [1.54, 1.807) is 12.1 Å². The minimum atomic E-state index is -1.57. The molecule has 0 spiro atoms. The molecule has 174 valence electrons. The summed E-state index contributed by atoms with van der Waals surface area (Å²) < 4.78 is 45.7. The predicted octanol–water partition coefficient (Wildman–Crippen LogP) is 6.79. The summed E-state index contributed by atoms with van der Waals surface area (Å²) in [6.45, 7) is 6.22. The number of rotatable bonds is 5. The van der Waals surface area contributed by atoms with Gasteiger partial charge in [0.2, 0.25) is 0 Å². The largest absolute Gasteiger partial charge is 0.357 e. The molecule has 0 fully saturated rings. The van der Waals surface area contributed by atoms with Crippen molar-refractivity contribution in [1.82, 2.24) is 9.88 Å². The third kappa shape index (κ3) is 4.73. The number of alkyl halides is 1. The molecule has 2 heterocycles. The van der Waals surface area contributed by atoms with Crippen molar-refractivity contribution < 1.29 is 18.0 Å². The van der Waals surface area contributed by atoms with Gasteiger partial charge in [-0.2, -0.15) is 0 Å². The van der Waals surface area contributed by atoms with Crippen molar-refractivity contribution in [2.24, 2.45) is 0 Å². The van der Waals surface area contributed by atoms with Crippen LogP contribution in [0, 0.1) is 11.6 Å². The molecule has 0 saturated carbocycles. The van der Waals surface area contributed by atoms with Crippen LogP contribution in [0.4, 0.5) is 13.2 Å². The van der Waals surface area contributed by atoms with Crippen LogP contribution >= 0.6 is 11.6 Å². The third-order valence-electron chi connectivity index (χ3n) is 6.02. The second-order valence-corrected chi connectivity index (χ2v) is 9.83. The Balaban J connectivity index is 1.93. The zero-order valence-corrected chi connectivity index (χ0v) is 19.7. The normalized spacial score (nSPS) is 19.4. The summed E-state index contributed by atoms with van der Waals surface area (Å²) in [7, 11) is 0. The number of nitrogens with zero attached hydrogens (tertiary/aromatic N) is 1. The van der Waals surface area contributed by atoms with Crippen LogP contribution in [0.3, 0.4) is 0 Å². The summed E-state index contributed by atoms with van der Waals surface area (Å²) in [6, 6.07) is 6.85. The first kappa shape index (κ1) is 23.6. The van der Waals surface area contributed by atoms with Crippen LogP contribution in [0.15, 0.2) is 36.4 Å². The monoisotopic (exact) mass is 474 g/mol. The summed E-state index contributed by atoms with van der Waals surface area (Å²) in [6.07, 6.45) is 3.24. The molecule has 1 N–H and O–H groups in total. The van der Waals surface area contributed by atoms with Crippen LogP contribution in [-0.2, 0) is 11.2 Å². The molecule has 4 rings (SSSR count). The van der Waals surface area contributed by atoms with Gasteiger partial charge in [0.05, 0.1) is 6.04 Å². The second kappa shape index (κ2) is 8.65. The fourth-order valence-electron chi connectivity index (χ4n) is 4.70. The van der Waals surface area contributed by atoms with Crippen molar-refractivity contribution in [2.75, 3.05) is 6.54 Å². The molecule has 1 aliphatic heterocycles. The molecular weight excluding hydrogens is 449 g/mol. The number of hydrogen-bond donors (Lipinski definition) is 1. The van der Waals surface area contributed by atoms with Gasteiger partial charge in [-0.1, -0.05) is 23.7 Å². The molecule has 3 aromatic rings. The molecular formula is C26H26ClF3N2O. The molecule has 2 unspecified atom stereocenters. The van der Waals surface area contributed by atoms with Crippen molar-refractivity contribution in [1.29, 1.82) is 0 Å². The lowest BCUT2D eigenvalue weighted by Gasteiger charge is -2.43. The highest BCUT2D eigenvalue weighted by Crippen LogP contribution is 2.43. The van der Waals surface area contributed by atoms with Gasteiger partial charge >= 0.3 is 0 Å². The van der Waals surface area contributed by atoms with Crippen LogP contribution in [0.2, 0.25) is 5.02 Å². The van der Waals surface area contributed by atoms with E-state index in [2.05, 4.69) is 4.98 Å². The van der Waals surface area contributed by atoms with Gasteiger partial charge in [0, 0.05) is 39.8 Å². The second-order valence-electron chi connectivity index (χ2n) is 9.40. The molecule has 2 aromatic carbocycles. The van der Waals surface area contributed by atoms with Crippen LogP contribution in [-0.4, -0.2) is 33.9 Å². The number of hydrogen-bond acceptors (Lipinski definition) is 2. The van der Waals surface area contributed by atoms with Gasteiger partial charge in [-0.15, -0.1) is 0 Å². The van der Waals surface area contributed by atoms with E-state index in [-0.39, 0.29) is 29.5 Å². The Bertz CT molecular complexity index is 1240. The fraction of sp³-hybridized carbons (Fsp3) is 0.346. The smallest absolute Gasteiger partial charge is 0.152 e. The Morgan fingerprint density at radius 3 is 2.52 bits per heavy atom. The average molecular weight is 475 g/mol. The van der Waals surface area contributed by atoms with E-state index < -0.39 is 23.3 Å². The van der Waals surface area contributed by atoms with Crippen molar-refractivity contribution in [2.45, 2.75) is 51.9 Å². The van der Waals surface area contributed by atoms with Gasteiger partial charge in [0.15, 0.2) is 5.78 Å². The Hall–Kier alpha value is -2.57. The number of carbonyl (C=O) groups excluding carboxylic acids is 1. The van der Waals surface area contributed by atoms with Crippen LogP contribution in [0.5, 0.6) is 0 Å². The minimum Gasteiger partial charge on any atom is -0.357 e. The highest BCUT2D eigenvalue weighted by atomic mass is 35.5. The molecule has 7 heteroatoms. The molecule has 0 radical (unpaired) electrons. The van der Waals surface area contributed by atoms with Crippen LogP contribution in [0.25, 0.3) is 17.0 Å². The quantitative estimate of drug-likeness (QED) is 0.413. The van der Waals surface area contributed by atoms with Crippen LogP contribution in [0.1, 0.15) is 56.1 Å².